The normalized spacial score (nSPS) is 14.7. The summed E-state index contributed by atoms with van der Waals surface area (Å²) in [5.41, 5.74) is 9.78. The molecule has 1 aliphatic carbocycles. The molecule has 2 nitrogen and oxygen atoms in total. The maximum absolute atomic E-state index is 12.3. The zero-order valence-electron chi connectivity index (χ0n) is 12.2. The minimum absolute atomic E-state index is 0.230. The van der Waals surface area contributed by atoms with Crippen LogP contribution in [0.15, 0.2) is 48.5 Å². The number of anilines is 1. The van der Waals surface area contributed by atoms with Crippen LogP contribution in [0.1, 0.15) is 53.1 Å². The first-order valence-corrected chi connectivity index (χ1v) is 7.70. The fourth-order valence-electron chi connectivity index (χ4n) is 2.79. The number of carbonyl (C=O) groups is 1. The van der Waals surface area contributed by atoms with Crippen LogP contribution in [0.25, 0.3) is 0 Å². The highest BCUT2D eigenvalue weighted by Gasteiger charge is 2.20. The van der Waals surface area contributed by atoms with Gasteiger partial charge < -0.3 is 5.73 Å². The van der Waals surface area contributed by atoms with Gasteiger partial charge in [-0.1, -0.05) is 36.8 Å². The van der Waals surface area contributed by atoms with Gasteiger partial charge >= 0.3 is 0 Å². The quantitative estimate of drug-likeness (QED) is 0.653. The van der Waals surface area contributed by atoms with Gasteiger partial charge in [-0.05, 0) is 54.5 Å². The van der Waals surface area contributed by atoms with Crippen molar-refractivity contribution >= 4 is 11.5 Å². The molecular weight excluding hydrogens is 258 g/mol. The summed E-state index contributed by atoms with van der Waals surface area (Å²) in [7, 11) is 0. The van der Waals surface area contributed by atoms with Crippen LogP contribution in [0.3, 0.4) is 0 Å². The lowest BCUT2D eigenvalue weighted by Gasteiger charge is -2.26. The molecule has 3 rings (SSSR count). The Hall–Kier alpha value is -2.09. The Balaban J connectivity index is 1.63. The fourth-order valence-corrected chi connectivity index (χ4v) is 2.79. The summed E-state index contributed by atoms with van der Waals surface area (Å²) >= 11 is 0. The summed E-state index contributed by atoms with van der Waals surface area (Å²) in [6.07, 6.45) is 5.18. The van der Waals surface area contributed by atoms with E-state index in [-0.39, 0.29) is 5.78 Å². The Labute approximate surface area is 126 Å². The van der Waals surface area contributed by atoms with Gasteiger partial charge in [-0.3, -0.25) is 4.79 Å². The second-order valence-corrected chi connectivity index (χ2v) is 5.92. The van der Waals surface area contributed by atoms with Crippen LogP contribution in [0.5, 0.6) is 0 Å². The van der Waals surface area contributed by atoms with Gasteiger partial charge in [0.15, 0.2) is 5.78 Å². The van der Waals surface area contributed by atoms with E-state index in [0.717, 1.165) is 23.2 Å². The summed E-state index contributed by atoms with van der Waals surface area (Å²) in [4.78, 5) is 12.3. The van der Waals surface area contributed by atoms with Crippen LogP contribution < -0.4 is 5.73 Å². The summed E-state index contributed by atoms with van der Waals surface area (Å²) in [6, 6.07) is 16.0. The van der Waals surface area contributed by atoms with Crippen molar-refractivity contribution < 1.29 is 4.79 Å². The molecule has 108 valence electrons. The molecule has 0 aliphatic heterocycles. The Morgan fingerprint density at radius 2 is 1.86 bits per heavy atom. The molecule has 1 saturated carbocycles. The van der Waals surface area contributed by atoms with E-state index < -0.39 is 0 Å². The zero-order chi connectivity index (χ0) is 14.7. The molecule has 0 atom stereocenters. The minimum Gasteiger partial charge on any atom is -0.399 e. The molecule has 0 saturated heterocycles. The van der Waals surface area contributed by atoms with Crippen molar-refractivity contribution in [2.75, 3.05) is 5.73 Å². The largest absolute Gasteiger partial charge is 0.399 e. The topological polar surface area (TPSA) is 43.1 Å². The average molecular weight is 279 g/mol. The maximum atomic E-state index is 12.3. The molecule has 0 amide bonds. The highest BCUT2D eigenvalue weighted by molar-refractivity contribution is 5.96. The number of hydrogen-bond donors (Lipinski definition) is 1. The third kappa shape index (κ3) is 3.33. The van der Waals surface area contributed by atoms with E-state index in [1.807, 2.05) is 36.4 Å². The van der Waals surface area contributed by atoms with Crippen molar-refractivity contribution in [2.45, 2.75) is 38.0 Å². The Morgan fingerprint density at radius 1 is 1.10 bits per heavy atom. The van der Waals surface area contributed by atoms with Crippen LogP contribution in [-0.4, -0.2) is 5.78 Å². The minimum atomic E-state index is 0.230. The second kappa shape index (κ2) is 6.13. The number of carbonyl (C=O) groups excluding carboxylic acids is 1. The van der Waals surface area contributed by atoms with Gasteiger partial charge in [-0.25, -0.2) is 0 Å². The lowest BCUT2D eigenvalue weighted by Crippen LogP contribution is -2.10. The molecular formula is C19H21NO. The van der Waals surface area contributed by atoms with E-state index in [1.54, 1.807) is 0 Å². The predicted octanol–water partition coefficient (Wildman–Crippen LogP) is 4.35. The van der Waals surface area contributed by atoms with E-state index in [1.165, 1.54) is 24.8 Å². The van der Waals surface area contributed by atoms with Crippen molar-refractivity contribution in [3.63, 3.8) is 0 Å². The third-order valence-electron chi connectivity index (χ3n) is 4.41. The Bertz CT molecular complexity index is 626. The molecule has 0 radical (unpaired) electrons. The average Bonchev–Trinajstić information content (AvgIpc) is 2.45. The lowest BCUT2D eigenvalue weighted by atomic mass is 9.79. The number of Topliss-reactive ketones (excluding diaryl/α,β-unsaturated/α-hetero) is 1. The molecule has 0 bridgehead atoms. The molecule has 0 aromatic heterocycles. The van der Waals surface area contributed by atoms with Crippen molar-refractivity contribution in [1.82, 2.24) is 0 Å². The molecule has 2 aromatic rings. The van der Waals surface area contributed by atoms with E-state index in [0.29, 0.717) is 12.3 Å². The third-order valence-corrected chi connectivity index (χ3v) is 4.41. The number of nitrogens with two attached hydrogens (primary N) is 1. The number of hydrogen-bond acceptors (Lipinski definition) is 2. The van der Waals surface area contributed by atoms with Gasteiger partial charge in [0.2, 0.25) is 0 Å². The van der Waals surface area contributed by atoms with Gasteiger partial charge in [0, 0.05) is 17.7 Å². The van der Waals surface area contributed by atoms with Crippen molar-refractivity contribution in [1.29, 1.82) is 0 Å². The zero-order valence-corrected chi connectivity index (χ0v) is 12.2. The van der Waals surface area contributed by atoms with E-state index in [2.05, 4.69) is 12.1 Å². The van der Waals surface area contributed by atoms with Crippen LogP contribution in [0, 0.1) is 0 Å². The summed E-state index contributed by atoms with van der Waals surface area (Å²) in [5.74, 6) is 0.905. The molecule has 0 heterocycles. The van der Waals surface area contributed by atoms with Crippen LogP contribution in [0.4, 0.5) is 5.69 Å². The first-order valence-electron chi connectivity index (χ1n) is 7.70. The van der Waals surface area contributed by atoms with Crippen LogP contribution in [0.2, 0.25) is 0 Å². The van der Waals surface area contributed by atoms with Crippen molar-refractivity contribution in [3.05, 3.63) is 65.2 Å². The standard InChI is InChI=1S/C19H21NO/c20-18-10-7-14(8-11-18)9-12-19(21)17-6-2-5-16(13-17)15-3-1-4-15/h2,5-8,10-11,13,15H,1,3-4,9,12,20H2. The first kappa shape index (κ1) is 13.9. The van der Waals surface area contributed by atoms with E-state index in [9.17, 15) is 4.79 Å². The number of aryl methyl sites for hydroxylation is 1. The van der Waals surface area contributed by atoms with Crippen molar-refractivity contribution in [3.8, 4) is 0 Å². The van der Waals surface area contributed by atoms with E-state index in [4.69, 9.17) is 5.73 Å². The number of nitrogen functional groups attached to an aromatic ring is 1. The Morgan fingerprint density at radius 3 is 2.52 bits per heavy atom. The summed E-state index contributed by atoms with van der Waals surface area (Å²) in [5, 5.41) is 0. The smallest absolute Gasteiger partial charge is 0.163 e. The molecule has 1 aliphatic rings. The van der Waals surface area contributed by atoms with Crippen molar-refractivity contribution in [2.24, 2.45) is 0 Å². The molecule has 2 aromatic carbocycles. The molecule has 0 unspecified atom stereocenters. The van der Waals surface area contributed by atoms with Gasteiger partial charge in [-0.2, -0.15) is 0 Å². The predicted molar refractivity (Wildman–Crippen MR) is 86.5 cm³/mol. The monoisotopic (exact) mass is 279 g/mol. The second-order valence-electron chi connectivity index (χ2n) is 5.92. The van der Waals surface area contributed by atoms with Crippen LogP contribution in [-0.2, 0) is 6.42 Å². The molecule has 21 heavy (non-hydrogen) atoms. The van der Waals surface area contributed by atoms with Gasteiger partial charge in [0.25, 0.3) is 0 Å². The number of rotatable bonds is 5. The molecule has 2 N–H and O–H groups in total. The first-order chi connectivity index (χ1) is 10.2. The van der Waals surface area contributed by atoms with E-state index >= 15 is 0 Å². The highest BCUT2D eigenvalue weighted by atomic mass is 16.1. The van der Waals surface area contributed by atoms with Crippen LogP contribution >= 0.6 is 0 Å². The lowest BCUT2D eigenvalue weighted by molar-refractivity contribution is 0.0982. The summed E-state index contributed by atoms with van der Waals surface area (Å²) in [6.45, 7) is 0. The molecule has 0 spiro atoms. The molecule has 1 fully saturated rings. The van der Waals surface area contributed by atoms with Gasteiger partial charge in [0.05, 0.1) is 0 Å². The Kier molecular flexibility index (Phi) is 4.05. The highest BCUT2D eigenvalue weighted by Crippen LogP contribution is 2.36. The number of ketones is 1. The summed E-state index contributed by atoms with van der Waals surface area (Å²) < 4.78 is 0. The van der Waals surface area contributed by atoms with Gasteiger partial charge in [-0.15, -0.1) is 0 Å². The maximum Gasteiger partial charge on any atom is 0.163 e. The van der Waals surface area contributed by atoms with Gasteiger partial charge in [0.1, 0.15) is 0 Å². The SMILES string of the molecule is Nc1ccc(CCC(=O)c2cccc(C3CCC3)c2)cc1. The fraction of sp³-hybridized carbons (Fsp3) is 0.316. The molecule has 2 heteroatoms. The number of benzene rings is 2.